The molecule has 1 aromatic heterocycles. The Morgan fingerprint density at radius 3 is 3.07 bits per heavy atom. The Kier molecular flexibility index (Phi) is 2.54. The fourth-order valence-corrected chi connectivity index (χ4v) is 1.96. The van der Waals surface area contributed by atoms with Crippen LogP contribution in [0.25, 0.3) is 0 Å². The van der Waals surface area contributed by atoms with E-state index >= 15 is 0 Å². The van der Waals surface area contributed by atoms with Crippen LogP contribution in [0.15, 0.2) is 0 Å². The van der Waals surface area contributed by atoms with Gasteiger partial charge in [-0.3, -0.25) is 0 Å². The fraction of sp³-hybridized carbons (Fsp3) is 0.800. The highest BCUT2D eigenvalue weighted by atomic mass is 15.3. The Hall–Kier alpha value is -0.900. The lowest BCUT2D eigenvalue weighted by Crippen LogP contribution is -2.22. The molecule has 4 nitrogen and oxygen atoms in total. The standard InChI is InChI=1S/C10H18N4/c1-3-8(11)10-13-12-9-6-7(2)4-5-14(9)10/h7-8H,3-6,11H2,1-2H3. The van der Waals surface area contributed by atoms with Crippen LogP contribution >= 0.6 is 0 Å². The van der Waals surface area contributed by atoms with Gasteiger partial charge in [-0.25, -0.2) is 0 Å². The smallest absolute Gasteiger partial charge is 0.149 e. The Morgan fingerprint density at radius 2 is 2.36 bits per heavy atom. The van der Waals surface area contributed by atoms with Crippen molar-refractivity contribution in [3.8, 4) is 0 Å². The van der Waals surface area contributed by atoms with Crippen LogP contribution in [0, 0.1) is 5.92 Å². The maximum atomic E-state index is 5.97. The van der Waals surface area contributed by atoms with Crippen LogP contribution < -0.4 is 5.73 Å². The van der Waals surface area contributed by atoms with Gasteiger partial charge in [-0.2, -0.15) is 0 Å². The third-order valence-electron chi connectivity index (χ3n) is 3.00. The predicted molar refractivity (Wildman–Crippen MR) is 54.7 cm³/mol. The Morgan fingerprint density at radius 1 is 1.57 bits per heavy atom. The van der Waals surface area contributed by atoms with Crippen molar-refractivity contribution in [3.05, 3.63) is 11.6 Å². The molecule has 0 saturated carbocycles. The fourth-order valence-electron chi connectivity index (χ4n) is 1.96. The summed E-state index contributed by atoms with van der Waals surface area (Å²) < 4.78 is 2.20. The molecule has 4 heteroatoms. The molecule has 0 fully saturated rings. The summed E-state index contributed by atoms with van der Waals surface area (Å²) in [4.78, 5) is 0. The number of hydrogen-bond donors (Lipinski definition) is 1. The molecule has 2 atom stereocenters. The van der Waals surface area contributed by atoms with Crippen molar-refractivity contribution in [2.75, 3.05) is 0 Å². The minimum atomic E-state index is 0.0460. The molecule has 2 rings (SSSR count). The molecule has 1 aliphatic heterocycles. The Bertz CT molecular complexity index is 318. The van der Waals surface area contributed by atoms with Crippen LogP contribution in [0.2, 0.25) is 0 Å². The molecule has 0 aromatic carbocycles. The van der Waals surface area contributed by atoms with Gasteiger partial charge in [-0.05, 0) is 18.8 Å². The monoisotopic (exact) mass is 194 g/mol. The zero-order valence-corrected chi connectivity index (χ0v) is 8.90. The average Bonchev–Trinajstić information content (AvgIpc) is 2.59. The number of aromatic nitrogens is 3. The zero-order valence-electron chi connectivity index (χ0n) is 8.90. The number of nitrogens with zero attached hydrogens (tertiary/aromatic N) is 3. The van der Waals surface area contributed by atoms with Crippen LogP contribution in [-0.2, 0) is 13.0 Å². The van der Waals surface area contributed by atoms with Crippen molar-refractivity contribution in [1.29, 1.82) is 0 Å². The molecular formula is C10H18N4. The largest absolute Gasteiger partial charge is 0.321 e. The molecule has 0 aliphatic carbocycles. The molecule has 1 aliphatic rings. The lowest BCUT2D eigenvalue weighted by molar-refractivity contribution is 0.396. The van der Waals surface area contributed by atoms with E-state index < -0.39 is 0 Å². The van der Waals surface area contributed by atoms with Gasteiger partial charge in [0, 0.05) is 13.0 Å². The van der Waals surface area contributed by atoms with Gasteiger partial charge in [0.1, 0.15) is 11.6 Å². The molecule has 0 radical (unpaired) electrons. The van der Waals surface area contributed by atoms with E-state index in [-0.39, 0.29) is 6.04 Å². The first-order chi connectivity index (χ1) is 6.72. The van der Waals surface area contributed by atoms with E-state index in [9.17, 15) is 0 Å². The normalized spacial score (nSPS) is 23.2. The van der Waals surface area contributed by atoms with Gasteiger partial charge in [0.05, 0.1) is 6.04 Å². The lowest BCUT2D eigenvalue weighted by Gasteiger charge is -2.21. The van der Waals surface area contributed by atoms with Crippen molar-refractivity contribution in [3.63, 3.8) is 0 Å². The summed E-state index contributed by atoms with van der Waals surface area (Å²) in [6.07, 6.45) is 3.19. The second-order valence-corrected chi connectivity index (χ2v) is 4.24. The molecule has 14 heavy (non-hydrogen) atoms. The lowest BCUT2D eigenvalue weighted by atomic mass is 10.00. The SMILES string of the molecule is CCC(N)c1nnc2n1CCC(C)C2. The summed E-state index contributed by atoms with van der Waals surface area (Å²) in [6.45, 7) is 5.38. The van der Waals surface area contributed by atoms with Crippen LogP contribution in [0.1, 0.15) is 44.4 Å². The van der Waals surface area contributed by atoms with Crippen molar-refractivity contribution in [1.82, 2.24) is 14.8 Å². The van der Waals surface area contributed by atoms with Crippen LogP contribution in [0.4, 0.5) is 0 Å². The Balaban J connectivity index is 2.28. The van der Waals surface area contributed by atoms with E-state index in [1.807, 2.05) is 0 Å². The summed E-state index contributed by atoms with van der Waals surface area (Å²) in [6, 6.07) is 0.0460. The van der Waals surface area contributed by atoms with E-state index in [4.69, 9.17) is 5.73 Å². The molecule has 1 aromatic rings. The minimum absolute atomic E-state index is 0.0460. The maximum absolute atomic E-state index is 5.97. The number of nitrogens with two attached hydrogens (primary N) is 1. The molecule has 0 spiro atoms. The van der Waals surface area contributed by atoms with Crippen LogP contribution in [-0.4, -0.2) is 14.8 Å². The van der Waals surface area contributed by atoms with Gasteiger partial charge in [-0.15, -0.1) is 10.2 Å². The van der Waals surface area contributed by atoms with E-state index in [0.29, 0.717) is 0 Å². The van der Waals surface area contributed by atoms with E-state index in [0.717, 1.165) is 37.0 Å². The van der Waals surface area contributed by atoms with Gasteiger partial charge >= 0.3 is 0 Å². The van der Waals surface area contributed by atoms with Crippen molar-refractivity contribution >= 4 is 0 Å². The van der Waals surface area contributed by atoms with E-state index in [1.54, 1.807) is 0 Å². The average molecular weight is 194 g/mol. The molecule has 78 valence electrons. The van der Waals surface area contributed by atoms with Gasteiger partial charge in [0.25, 0.3) is 0 Å². The Labute approximate surface area is 84.5 Å². The molecule has 2 N–H and O–H groups in total. The molecular weight excluding hydrogens is 176 g/mol. The third kappa shape index (κ3) is 1.54. The molecule has 0 saturated heterocycles. The van der Waals surface area contributed by atoms with Crippen molar-refractivity contribution in [2.24, 2.45) is 11.7 Å². The molecule has 0 bridgehead atoms. The molecule has 0 amide bonds. The highest BCUT2D eigenvalue weighted by Gasteiger charge is 2.22. The van der Waals surface area contributed by atoms with Crippen LogP contribution in [0.3, 0.4) is 0 Å². The number of rotatable bonds is 2. The second kappa shape index (κ2) is 3.69. The second-order valence-electron chi connectivity index (χ2n) is 4.24. The first kappa shape index (κ1) is 9.65. The number of hydrogen-bond acceptors (Lipinski definition) is 3. The molecule has 2 unspecified atom stereocenters. The van der Waals surface area contributed by atoms with Gasteiger partial charge in [0.15, 0.2) is 0 Å². The summed E-state index contributed by atoms with van der Waals surface area (Å²) >= 11 is 0. The van der Waals surface area contributed by atoms with E-state index in [2.05, 4.69) is 28.6 Å². The van der Waals surface area contributed by atoms with Crippen LogP contribution in [0.5, 0.6) is 0 Å². The number of fused-ring (bicyclic) bond motifs is 1. The zero-order chi connectivity index (χ0) is 10.1. The first-order valence-corrected chi connectivity index (χ1v) is 5.40. The minimum Gasteiger partial charge on any atom is -0.321 e. The van der Waals surface area contributed by atoms with E-state index in [1.165, 1.54) is 6.42 Å². The summed E-state index contributed by atoms with van der Waals surface area (Å²) in [5.41, 5.74) is 5.97. The van der Waals surface area contributed by atoms with Gasteiger partial charge < -0.3 is 10.3 Å². The summed E-state index contributed by atoms with van der Waals surface area (Å²) in [5.74, 6) is 2.81. The third-order valence-corrected chi connectivity index (χ3v) is 3.00. The molecule has 2 heterocycles. The van der Waals surface area contributed by atoms with Gasteiger partial charge in [0.2, 0.25) is 0 Å². The summed E-state index contributed by atoms with van der Waals surface area (Å²) in [7, 11) is 0. The first-order valence-electron chi connectivity index (χ1n) is 5.40. The maximum Gasteiger partial charge on any atom is 0.149 e. The predicted octanol–water partition coefficient (Wildman–Crippen LogP) is 1.27. The highest BCUT2D eigenvalue weighted by molar-refractivity contribution is 5.03. The van der Waals surface area contributed by atoms with Crippen molar-refractivity contribution < 1.29 is 0 Å². The van der Waals surface area contributed by atoms with Gasteiger partial charge in [-0.1, -0.05) is 13.8 Å². The quantitative estimate of drug-likeness (QED) is 0.771. The topological polar surface area (TPSA) is 56.7 Å². The highest BCUT2D eigenvalue weighted by Crippen LogP contribution is 2.22. The summed E-state index contributed by atoms with van der Waals surface area (Å²) in [5, 5.41) is 8.40. The van der Waals surface area contributed by atoms with Crippen molar-refractivity contribution in [2.45, 2.75) is 45.7 Å².